The second-order valence-electron chi connectivity index (χ2n) is 7.24. The summed E-state index contributed by atoms with van der Waals surface area (Å²) in [6.07, 6.45) is 1.62. The van der Waals surface area contributed by atoms with E-state index < -0.39 is 23.5 Å². The molecule has 3 amide bonds. The summed E-state index contributed by atoms with van der Waals surface area (Å²) in [4.78, 5) is 38.6. The molecule has 2 aromatic carbocycles. The monoisotopic (exact) mass is 415 g/mol. The molecule has 0 saturated carbocycles. The average molecular weight is 415 g/mol. The predicted octanol–water partition coefficient (Wildman–Crippen LogP) is 2.50. The molecule has 0 spiro atoms. The third-order valence-corrected chi connectivity index (χ3v) is 4.97. The summed E-state index contributed by atoms with van der Waals surface area (Å²) in [6, 6.07) is 12.4. The van der Waals surface area contributed by atoms with E-state index in [4.69, 9.17) is 0 Å². The maximum Gasteiger partial charge on any atom is 0.243 e. The van der Waals surface area contributed by atoms with E-state index in [9.17, 15) is 23.2 Å². The SMILES string of the molecule is O=C(CNC(=O)C1CCCN(C(=O)Cc2ccccc2)C1)Nc1ccc(F)c(F)c1. The number of halogens is 2. The Morgan fingerprint density at radius 1 is 1.03 bits per heavy atom. The van der Waals surface area contributed by atoms with E-state index in [1.807, 2.05) is 30.3 Å². The van der Waals surface area contributed by atoms with Gasteiger partial charge in [0, 0.05) is 24.8 Å². The summed E-state index contributed by atoms with van der Waals surface area (Å²) < 4.78 is 26.1. The number of anilines is 1. The van der Waals surface area contributed by atoms with E-state index in [2.05, 4.69) is 10.6 Å². The Balaban J connectivity index is 1.47. The molecule has 8 heteroatoms. The predicted molar refractivity (Wildman–Crippen MR) is 107 cm³/mol. The first kappa shape index (κ1) is 21.4. The molecule has 1 saturated heterocycles. The fourth-order valence-corrected chi connectivity index (χ4v) is 3.39. The minimum atomic E-state index is -1.07. The first-order valence-corrected chi connectivity index (χ1v) is 9.76. The molecule has 1 fully saturated rings. The minimum Gasteiger partial charge on any atom is -0.347 e. The molecular formula is C22H23F2N3O3. The molecule has 3 rings (SSSR count). The zero-order chi connectivity index (χ0) is 21.5. The molecule has 0 aromatic heterocycles. The van der Waals surface area contributed by atoms with Gasteiger partial charge >= 0.3 is 0 Å². The summed E-state index contributed by atoms with van der Waals surface area (Å²) >= 11 is 0. The van der Waals surface area contributed by atoms with E-state index >= 15 is 0 Å². The molecule has 1 aliphatic heterocycles. The van der Waals surface area contributed by atoms with Crippen molar-refractivity contribution in [2.75, 3.05) is 25.0 Å². The van der Waals surface area contributed by atoms with E-state index in [1.165, 1.54) is 6.07 Å². The number of rotatable bonds is 6. The molecule has 2 aromatic rings. The van der Waals surface area contributed by atoms with E-state index in [-0.39, 0.29) is 30.5 Å². The van der Waals surface area contributed by atoms with Gasteiger partial charge in [-0.25, -0.2) is 8.78 Å². The maximum absolute atomic E-state index is 13.2. The van der Waals surface area contributed by atoms with Crippen LogP contribution in [0.2, 0.25) is 0 Å². The lowest BCUT2D eigenvalue weighted by Crippen LogP contribution is -2.47. The molecule has 2 N–H and O–H groups in total. The topological polar surface area (TPSA) is 78.5 Å². The molecular weight excluding hydrogens is 392 g/mol. The van der Waals surface area contributed by atoms with Crippen LogP contribution >= 0.6 is 0 Å². The van der Waals surface area contributed by atoms with Gasteiger partial charge in [0.15, 0.2) is 11.6 Å². The summed E-state index contributed by atoms with van der Waals surface area (Å²) in [5.74, 6) is -3.37. The summed E-state index contributed by atoms with van der Waals surface area (Å²) in [5, 5.41) is 4.95. The lowest BCUT2D eigenvalue weighted by atomic mass is 9.96. The van der Waals surface area contributed by atoms with Gasteiger partial charge in [0.2, 0.25) is 17.7 Å². The van der Waals surface area contributed by atoms with Crippen LogP contribution in [0.25, 0.3) is 0 Å². The summed E-state index contributed by atoms with van der Waals surface area (Å²) in [6.45, 7) is 0.612. The van der Waals surface area contributed by atoms with Gasteiger partial charge in [0.1, 0.15) is 0 Å². The number of piperidine rings is 1. The smallest absolute Gasteiger partial charge is 0.243 e. The van der Waals surface area contributed by atoms with Crippen LogP contribution in [0.4, 0.5) is 14.5 Å². The third-order valence-electron chi connectivity index (χ3n) is 4.97. The van der Waals surface area contributed by atoms with Gasteiger partial charge in [-0.3, -0.25) is 14.4 Å². The number of carbonyl (C=O) groups is 3. The van der Waals surface area contributed by atoms with Crippen LogP contribution in [0.5, 0.6) is 0 Å². The Morgan fingerprint density at radius 2 is 1.80 bits per heavy atom. The number of amides is 3. The second kappa shape index (κ2) is 9.96. The number of hydrogen-bond donors (Lipinski definition) is 2. The van der Waals surface area contributed by atoms with Crippen LogP contribution in [-0.2, 0) is 20.8 Å². The molecule has 0 bridgehead atoms. The van der Waals surface area contributed by atoms with Gasteiger partial charge in [0.05, 0.1) is 18.9 Å². The van der Waals surface area contributed by atoms with Gasteiger partial charge in [-0.15, -0.1) is 0 Å². The van der Waals surface area contributed by atoms with E-state index in [0.717, 1.165) is 17.7 Å². The largest absolute Gasteiger partial charge is 0.347 e. The van der Waals surface area contributed by atoms with Crippen LogP contribution in [0.3, 0.4) is 0 Å². The minimum absolute atomic E-state index is 0.0326. The second-order valence-corrected chi connectivity index (χ2v) is 7.24. The lowest BCUT2D eigenvalue weighted by molar-refractivity contribution is -0.135. The molecule has 0 radical (unpaired) electrons. The number of hydrogen-bond acceptors (Lipinski definition) is 3. The zero-order valence-electron chi connectivity index (χ0n) is 16.4. The molecule has 1 heterocycles. The molecule has 1 unspecified atom stereocenters. The number of benzene rings is 2. The number of likely N-dealkylation sites (tertiary alicyclic amines) is 1. The Bertz CT molecular complexity index is 921. The van der Waals surface area contributed by atoms with Crippen molar-refractivity contribution in [2.24, 2.45) is 5.92 Å². The van der Waals surface area contributed by atoms with Crippen molar-refractivity contribution < 1.29 is 23.2 Å². The van der Waals surface area contributed by atoms with Gasteiger partial charge < -0.3 is 15.5 Å². The van der Waals surface area contributed by atoms with Crippen molar-refractivity contribution in [1.29, 1.82) is 0 Å². The highest BCUT2D eigenvalue weighted by Gasteiger charge is 2.28. The van der Waals surface area contributed by atoms with Crippen LogP contribution in [0.15, 0.2) is 48.5 Å². The highest BCUT2D eigenvalue weighted by molar-refractivity contribution is 5.94. The van der Waals surface area contributed by atoms with Crippen molar-refractivity contribution in [3.63, 3.8) is 0 Å². The number of nitrogens with zero attached hydrogens (tertiary/aromatic N) is 1. The Morgan fingerprint density at radius 3 is 2.53 bits per heavy atom. The quantitative estimate of drug-likeness (QED) is 0.761. The van der Waals surface area contributed by atoms with Gasteiger partial charge in [-0.1, -0.05) is 30.3 Å². The Labute approximate surface area is 173 Å². The van der Waals surface area contributed by atoms with E-state index in [0.29, 0.717) is 25.9 Å². The summed E-state index contributed by atoms with van der Waals surface area (Å²) in [5.41, 5.74) is 1.02. The highest BCUT2D eigenvalue weighted by Crippen LogP contribution is 2.18. The van der Waals surface area contributed by atoms with Crippen molar-refractivity contribution in [3.8, 4) is 0 Å². The van der Waals surface area contributed by atoms with Gasteiger partial charge in [-0.05, 0) is 30.5 Å². The molecule has 158 valence electrons. The number of nitrogens with one attached hydrogen (secondary N) is 2. The number of carbonyl (C=O) groups excluding carboxylic acids is 3. The standard InChI is InChI=1S/C22H23F2N3O3/c23-18-9-8-17(12-19(18)24)26-20(28)13-25-22(30)16-7-4-10-27(14-16)21(29)11-15-5-2-1-3-6-15/h1-3,5-6,8-9,12,16H,4,7,10-11,13-14H2,(H,25,30)(H,26,28). The van der Waals surface area contributed by atoms with Crippen molar-refractivity contribution >= 4 is 23.4 Å². The first-order valence-electron chi connectivity index (χ1n) is 9.76. The Hall–Kier alpha value is -3.29. The van der Waals surface area contributed by atoms with E-state index in [1.54, 1.807) is 4.90 Å². The molecule has 1 aliphatic rings. The fraction of sp³-hybridized carbons (Fsp3) is 0.318. The average Bonchev–Trinajstić information content (AvgIpc) is 2.75. The van der Waals surface area contributed by atoms with Crippen molar-refractivity contribution in [2.45, 2.75) is 19.3 Å². The van der Waals surface area contributed by atoms with Crippen molar-refractivity contribution in [3.05, 3.63) is 65.7 Å². The first-order chi connectivity index (χ1) is 14.4. The fourth-order valence-electron chi connectivity index (χ4n) is 3.39. The Kier molecular flexibility index (Phi) is 7.11. The molecule has 30 heavy (non-hydrogen) atoms. The van der Waals surface area contributed by atoms with Crippen molar-refractivity contribution in [1.82, 2.24) is 10.2 Å². The maximum atomic E-state index is 13.2. The van der Waals surface area contributed by atoms with Crippen LogP contribution in [-0.4, -0.2) is 42.3 Å². The molecule has 0 aliphatic carbocycles. The van der Waals surface area contributed by atoms with Crippen LogP contribution < -0.4 is 10.6 Å². The normalized spacial score (nSPS) is 16.1. The van der Waals surface area contributed by atoms with Gasteiger partial charge in [0.25, 0.3) is 0 Å². The summed E-state index contributed by atoms with van der Waals surface area (Å²) in [7, 11) is 0. The highest BCUT2D eigenvalue weighted by atomic mass is 19.2. The van der Waals surface area contributed by atoms with Crippen LogP contribution in [0, 0.1) is 17.6 Å². The zero-order valence-corrected chi connectivity index (χ0v) is 16.4. The third kappa shape index (κ3) is 5.85. The van der Waals surface area contributed by atoms with Crippen LogP contribution in [0.1, 0.15) is 18.4 Å². The van der Waals surface area contributed by atoms with Gasteiger partial charge in [-0.2, -0.15) is 0 Å². The lowest BCUT2D eigenvalue weighted by Gasteiger charge is -2.32. The molecule has 6 nitrogen and oxygen atoms in total. The molecule has 1 atom stereocenters.